The molecule has 3 aromatic rings. The van der Waals surface area contributed by atoms with Crippen molar-refractivity contribution in [2.45, 2.75) is 63.9 Å². The molecule has 0 radical (unpaired) electrons. The first-order valence-corrected chi connectivity index (χ1v) is 13.0. The molecular weight excluding hydrogens is 526 g/mol. The van der Waals surface area contributed by atoms with Crippen LogP contribution in [0.3, 0.4) is 0 Å². The van der Waals surface area contributed by atoms with Gasteiger partial charge in [0.15, 0.2) is 6.10 Å². The molecule has 1 aromatic heterocycles. The van der Waals surface area contributed by atoms with Gasteiger partial charge in [0, 0.05) is 34.1 Å². The summed E-state index contributed by atoms with van der Waals surface area (Å²) < 4.78 is 12.6. The molecule has 0 aliphatic carbocycles. The van der Waals surface area contributed by atoms with Crippen molar-refractivity contribution in [2.75, 3.05) is 0 Å². The Bertz CT molecular complexity index is 1380. The van der Waals surface area contributed by atoms with Gasteiger partial charge in [-0.25, -0.2) is 4.79 Å². The Kier molecular flexibility index (Phi) is 7.30. The second kappa shape index (κ2) is 10.4. The highest BCUT2D eigenvalue weighted by Crippen LogP contribution is 2.47. The number of aliphatic hydroxyl groups excluding tert-OH is 3. The second-order valence-corrected chi connectivity index (χ2v) is 11.3. The largest absolute Gasteiger partial charge is 0.479 e. The number of carbonyl (C=O) groups is 2. The lowest BCUT2D eigenvalue weighted by atomic mass is 9.86. The van der Waals surface area contributed by atoms with Crippen molar-refractivity contribution in [3.05, 3.63) is 71.0 Å². The van der Waals surface area contributed by atoms with Gasteiger partial charge in [-0.05, 0) is 35.1 Å². The number of hydrogen-bond donors (Lipinski definition) is 4. The highest BCUT2D eigenvalue weighted by Gasteiger charge is 2.48. The van der Waals surface area contributed by atoms with E-state index in [0.717, 1.165) is 34.4 Å². The van der Waals surface area contributed by atoms with Crippen molar-refractivity contribution >= 4 is 23.5 Å². The Hall–Kier alpha value is -3.21. The van der Waals surface area contributed by atoms with Crippen molar-refractivity contribution in [2.24, 2.45) is 5.41 Å². The van der Waals surface area contributed by atoms with Crippen LogP contribution in [-0.2, 0) is 38.4 Å². The Morgan fingerprint density at radius 3 is 2.26 bits per heavy atom. The Morgan fingerprint density at radius 2 is 1.62 bits per heavy atom. The average Bonchev–Trinajstić information content (AvgIpc) is 3.35. The van der Waals surface area contributed by atoms with Crippen LogP contribution in [0.4, 0.5) is 0 Å². The molecule has 206 valence electrons. The fraction of sp³-hybridized carbons (Fsp3) is 0.379. The van der Waals surface area contributed by atoms with Gasteiger partial charge in [0.25, 0.3) is 0 Å². The van der Waals surface area contributed by atoms with E-state index in [-0.39, 0.29) is 11.8 Å². The van der Waals surface area contributed by atoms with Crippen molar-refractivity contribution in [1.82, 2.24) is 4.57 Å². The monoisotopic (exact) mass is 555 g/mol. The van der Waals surface area contributed by atoms with Gasteiger partial charge >= 0.3 is 11.9 Å². The van der Waals surface area contributed by atoms with Gasteiger partial charge in [-0.3, -0.25) is 4.79 Å². The summed E-state index contributed by atoms with van der Waals surface area (Å²) in [7, 11) is 0. The summed E-state index contributed by atoms with van der Waals surface area (Å²) in [6.45, 7) is 4.97. The zero-order valence-electron chi connectivity index (χ0n) is 21.5. The van der Waals surface area contributed by atoms with Crippen LogP contribution in [0, 0.1) is 5.41 Å². The van der Waals surface area contributed by atoms with Gasteiger partial charge in [-0.2, -0.15) is 0 Å². The van der Waals surface area contributed by atoms with Gasteiger partial charge in [-0.1, -0.05) is 67.9 Å². The number of halogens is 1. The molecule has 2 aromatic carbocycles. The van der Waals surface area contributed by atoms with Crippen LogP contribution in [0.5, 0.6) is 0 Å². The summed E-state index contributed by atoms with van der Waals surface area (Å²) in [6.07, 6.45) is -8.65. The molecule has 2 aliphatic rings. The van der Waals surface area contributed by atoms with E-state index >= 15 is 0 Å². The van der Waals surface area contributed by atoms with Crippen molar-refractivity contribution in [3.63, 3.8) is 0 Å². The number of aliphatic carboxylic acids is 1. The number of nitrogens with zero attached hydrogens (tertiary/aromatic N) is 1. The average molecular weight is 556 g/mol. The van der Waals surface area contributed by atoms with Crippen LogP contribution in [0.1, 0.15) is 25.2 Å². The predicted molar refractivity (Wildman–Crippen MR) is 142 cm³/mol. The van der Waals surface area contributed by atoms with E-state index in [2.05, 4.69) is 18.4 Å². The van der Waals surface area contributed by atoms with Crippen molar-refractivity contribution < 1.29 is 39.5 Å². The first-order valence-electron chi connectivity index (χ1n) is 12.6. The van der Waals surface area contributed by atoms with E-state index in [0.29, 0.717) is 17.3 Å². The van der Waals surface area contributed by atoms with Crippen LogP contribution in [0.2, 0.25) is 5.02 Å². The lowest BCUT2D eigenvalue weighted by Crippen LogP contribution is -2.60. The number of carbonyl (C=O) groups excluding carboxylic acids is 1. The molecule has 1 unspecified atom stereocenters. The topological polar surface area (TPSA) is 138 Å². The first kappa shape index (κ1) is 27.4. The number of ether oxygens (including phenoxy) is 2. The molecule has 5 rings (SSSR count). The van der Waals surface area contributed by atoms with Crippen LogP contribution >= 0.6 is 11.6 Å². The van der Waals surface area contributed by atoms with E-state index in [1.165, 1.54) is 0 Å². The minimum absolute atomic E-state index is 0.0618. The zero-order chi connectivity index (χ0) is 28.1. The number of fused-ring (bicyclic) bond motifs is 1. The molecule has 0 amide bonds. The van der Waals surface area contributed by atoms with Crippen molar-refractivity contribution in [1.29, 1.82) is 0 Å². The van der Waals surface area contributed by atoms with E-state index < -0.39 is 42.6 Å². The highest BCUT2D eigenvalue weighted by atomic mass is 35.5. The Morgan fingerprint density at radius 1 is 0.974 bits per heavy atom. The summed E-state index contributed by atoms with van der Waals surface area (Å²) in [5, 5.41) is 40.3. The normalized spacial score (nSPS) is 25.7. The lowest BCUT2D eigenvalue weighted by Gasteiger charge is -2.38. The summed E-state index contributed by atoms with van der Waals surface area (Å²) >= 11 is 6.17. The lowest BCUT2D eigenvalue weighted by molar-refractivity contribution is -0.286. The zero-order valence-corrected chi connectivity index (χ0v) is 22.2. The van der Waals surface area contributed by atoms with Crippen LogP contribution in [0.15, 0.2) is 54.6 Å². The minimum Gasteiger partial charge on any atom is -0.479 e. The molecule has 39 heavy (non-hydrogen) atoms. The summed E-state index contributed by atoms with van der Waals surface area (Å²) in [5.74, 6) is -2.34. The maximum absolute atomic E-state index is 13.3. The highest BCUT2D eigenvalue weighted by molar-refractivity contribution is 6.30. The van der Waals surface area contributed by atoms with Gasteiger partial charge < -0.3 is 34.5 Å². The molecular formula is C29H30ClNO8. The molecule has 5 atom stereocenters. The number of rotatable bonds is 6. The van der Waals surface area contributed by atoms with Crippen LogP contribution in [0.25, 0.3) is 22.3 Å². The first-order chi connectivity index (χ1) is 18.5. The molecule has 4 N–H and O–H groups in total. The molecule has 1 fully saturated rings. The molecule has 10 heteroatoms. The number of carboxylic acids is 1. The van der Waals surface area contributed by atoms with Gasteiger partial charge in [-0.15, -0.1) is 0 Å². The maximum atomic E-state index is 13.3. The van der Waals surface area contributed by atoms with E-state index in [9.17, 15) is 30.0 Å². The molecule has 1 saturated heterocycles. The predicted octanol–water partition coefficient (Wildman–Crippen LogP) is 3.04. The minimum atomic E-state index is -1.88. The second-order valence-electron chi connectivity index (χ2n) is 10.8. The third-order valence-electron chi connectivity index (χ3n) is 7.28. The molecule has 0 saturated carbocycles. The number of carboxylic acid groups (broad SMARTS) is 1. The number of aliphatic hydroxyl groups is 3. The molecule has 3 heterocycles. The number of esters is 1. The fourth-order valence-corrected chi connectivity index (χ4v) is 5.64. The molecule has 2 aliphatic heterocycles. The summed E-state index contributed by atoms with van der Waals surface area (Å²) in [4.78, 5) is 24.8. The molecule has 9 nitrogen and oxygen atoms in total. The smallest absolute Gasteiger partial charge is 0.335 e. The molecule has 0 bridgehead atoms. The summed E-state index contributed by atoms with van der Waals surface area (Å²) in [5.41, 5.74) is 5.43. The number of hydrogen-bond acceptors (Lipinski definition) is 7. The molecule has 0 spiro atoms. The fourth-order valence-electron chi connectivity index (χ4n) is 5.52. The van der Waals surface area contributed by atoms with Crippen LogP contribution < -0.4 is 0 Å². The summed E-state index contributed by atoms with van der Waals surface area (Å²) in [6, 6.07) is 17.2. The third-order valence-corrected chi connectivity index (χ3v) is 7.53. The third kappa shape index (κ3) is 5.20. The SMILES string of the molecule is CC1(C)Cc2c(-c3ccccc3)c(-c3ccc(Cl)cc3)c(CC(=O)OC3O[C@H](C(=O)O)[C@@H](O)[C@H](O)[C@H]3O)n2C1. The van der Waals surface area contributed by atoms with Gasteiger partial charge in [0.1, 0.15) is 18.3 Å². The quantitative estimate of drug-likeness (QED) is 0.340. The van der Waals surface area contributed by atoms with E-state index in [1.807, 2.05) is 42.5 Å². The van der Waals surface area contributed by atoms with Gasteiger partial charge in [0.2, 0.25) is 6.29 Å². The van der Waals surface area contributed by atoms with Crippen molar-refractivity contribution in [3.8, 4) is 22.3 Å². The standard InChI is InChI=1S/C29H30ClNO8/c1-29(2)13-19-22(15-6-4-3-5-7-15)21(16-8-10-17(30)11-9-16)18(31(19)14-29)12-20(32)38-28-25(35)23(33)24(34)26(39-28)27(36)37/h3-11,23-26,28,33-35H,12-14H2,1-2H3,(H,36,37)/t23-,24-,25+,26-,28?/m0/s1. The number of aromatic nitrogens is 1. The Balaban J connectivity index is 1.55. The maximum Gasteiger partial charge on any atom is 0.335 e. The van der Waals surface area contributed by atoms with E-state index in [1.54, 1.807) is 12.1 Å². The van der Waals surface area contributed by atoms with Crippen LogP contribution in [-0.4, -0.2) is 67.6 Å². The number of benzene rings is 2. The van der Waals surface area contributed by atoms with E-state index in [4.69, 9.17) is 21.1 Å². The van der Waals surface area contributed by atoms with Gasteiger partial charge in [0.05, 0.1) is 6.42 Å². The Labute approximate surface area is 230 Å².